The monoisotopic (exact) mass is 304 g/mol. The Balaban J connectivity index is 3.40. The van der Waals surface area contributed by atoms with E-state index in [1.165, 1.54) is 6.07 Å². The van der Waals surface area contributed by atoms with Crippen LogP contribution in [0.1, 0.15) is 28.9 Å². The van der Waals surface area contributed by atoms with Gasteiger partial charge in [-0.05, 0) is 11.6 Å². The molecule has 7 heteroatoms. The number of aromatic nitrogens is 1. The van der Waals surface area contributed by atoms with Gasteiger partial charge < -0.3 is 5.11 Å². The van der Waals surface area contributed by atoms with E-state index in [0.717, 1.165) is 0 Å². The fourth-order valence-electron chi connectivity index (χ4n) is 1.34. The minimum absolute atomic E-state index is 0.0553. The average Bonchev–Trinajstić information content (AvgIpc) is 2.26. The number of halogens is 3. The van der Waals surface area contributed by atoms with Gasteiger partial charge in [-0.25, -0.2) is 13.8 Å². The average molecular weight is 305 g/mol. The molecule has 0 amide bonds. The van der Waals surface area contributed by atoms with E-state index in [9.17, 15) is 13.6 Å². The zero-order chi connectivity index (χ0) is 13.0. The lowest BCUT2D eigenvalue weighted by Gasteiger charge is -2.09. The summed E-state index contributed by atoms with van der Waals surface area (Å²) in [5.74, 6) is -1.19. The Labute approximate surface area is 104 Å². The zero-order valence-corrected chi connectivity index (χ0v) is 10.0. The van der Waals surface area contributed by atoms with E-state index in [0.29, 0.717) is 0 Å². The summed E-state index contributed by atoms with van der Waals surface area (Å²) in [6.07, 6.45) is -3.39. The van der Waals surface area contributed by atoms with Crippen molar-refractivity contribution in [2.24, 2.45) is 0 Å². The third kappa shape index (κ3) is 3.20. The van der Waals surface area contributed by atoms with Crippen LogP contribution < -0.4 is 0 Å². The molecule has 0 aliphatic heterocycles. The quantitative estimate of drug-likeness (QED) is 0.867. The van der Waals surface area contributed by atoms with Gasteiger partial charge in [-0.2, -0.15) is 5.26 Å². The van der Waals surface area contributed by atoms with Crippen LogP contribution in [0.3, 0.4) is 0 Å². The summed E-state index contributed by atoms with van der Waals surface area (Å²) < 4.78 is 25.3. The number of carboxylic acid groups (broad SMARTS) is 1. The number of alkyl halides is 3. The number of hydrogen-bond acceptors (Lipinski definition) is 3. The second-order valence-electron chi connectivity index (χ2n) is 3.15. The first kappa shape index (κ1) is 13.5. The van der Waals surface area contributed by atoms with Crippen molar-refractivity contribution in [3.05, 3.63) is 28.6 Å². The third-order valence-corrected chi connectivity index (χ3v) is 2.55. The first-order valence-electron chi connectivity index (χ1n) is 4.48. The maximum absolute atomic E-state index is 12.7. The maximum atomic E-state index is 12.7. The van der Waals surface area contributed by atoms with Crippen LogP contribution in [0.15, 0.2) is 6.07 Å². The molecule has 0 unspecified atom stereocenters. The van der Waals surface area contributed by atoms with E-state index >= 15 is 0 Å². The summed E-state index contributed by atoms with van der Waals surface area (Å²) >= 11 is 3.05. The van der Waals surface area contributed by atoms with Crippen LogP contribution in [0, 0.1) is 11.3 Å². The molecule has 0 atom stereocenters. The minimum atomic E-state index is -2.91. The van der Waals surface area contributed by atoms with Gasteiger partial charge in [-0.1, -0.05) is 15.9 Å². The van der Waals surface area contributed by atoms with Gasteiger partial charge in [0, 0.05) is 5.33 Å². The molecular weight excluding hydrogens is 298 g/mol. The molecule has 0 aliphatic carbocycles. The van der Waals surface area contributed by atoms with Gasteiger partial charge in [-0.15, -0.1) is 0 Å². The molecule has 0 aliphatic rings. The van der Waals surface area contributed by atoms with Crippen LogP contribution in [-0.2, 0) is 16.5 Å². The Kier molecular flexibility index (Phi) is 4.52. The highest BCUT2D eigenvalue weighted by Crippen LogP contribution is 2.25. The number of rotatable bonds is 4. The highest BCUT2D eigenvalue weighted by Gasteiger charge is 2.20. The largest absolute Gasteiger partial charge is 0.481 e. The Hall–Kier alpha value is -1.55. The van der Waals surface area contributed by atoms with Gasteiger partial charge in [0.1, 0.15) is 11.8 Å². The Morgan fingerprint density at radius 1 is 1.65 bits per heavy atom. The van der Waals surface area contributed by atoms with Crippen molar-refractivity contribution in [2.75, 3.05) is 0 Å². The molecule has 1 aromatic heterocycles. The van der Waals surface area contributed by atoms with Gasteiger partial charge >= 0.3 is 5.97 Å². The summed E-state index contributed by atoms with van der Waals surface area (Å²) in [6.45, 7) is 0. The zero-order valence-electron chi connectivity index (χ0n) is 8.45. The lowest BCUT2D eigenvalue weighted by Crippen LogP contribution is -2.08. The van der Waals surface area contributed by atoms with Gasteiger partial charge in [0.25, 0.3) is 6.43 Å². The molecule has 1 N–H and O–H groups in total. The smallest absolute Gasteiger partial charge is 0.307 e. The minimum Gasteiger partial charge on any atom is -0.481 e. The van der Waals surface area contributed by atoms with Crippen LogP contribution in [0.25, 0.3) is 0 Å². The highest BCUT2D eigenvalue weighted by atomic mass is 79.9. The van der Waals surface area contributed by atoms with Crippen molar-refractivity contribution in [2.45, 2.75) is 18.2 Å². The van der Waals surface area contributed by atoms with Crippen molar-refractivity contribution in [1.29, 1.82) is 5.26 Å². The fourth-order valence-corrected chi connectivity index (χ4v) is 1.63. The normalized spacial score (nSPS) is 10.3. The van der Waals surface area contributed by atoms with E-state index in [1.54, 1.807) is 6.07 Å². The maximum Gasteiger partial charge on any atom is 0.307 e. The Morgan fingerprint density at radius 2 is 2.29 bits per heavy atom. The summed E-state index contributed by atoms with van der Waals surface area (Å²) in [6, 6.07) is 2.92. The molecule has 0 saturated heterocycles. The van der Waals surface area contributed by atoms with Gasteiger partial charge in [-0.3, -0.25) is 4.79 Å². The van der Waals surface area contributed by atoms with Crippen molar-refractivity contribution in [1.82, 2.24) is 4.98 Å². The predicted molar refractivity (Wildman–Crippen MR) is 57.9 cm³/mol. The van der Waals surface area contributed by atoms with E-state index in [1.807, 2.05) is 0 Å². The standard InChI is InChI=1S/C10H7BrF2N2O2/c11-3-6-1-5(2-8(16)17)7(4-14)9(15-6)10(12)13/h1,10H,2-3H2,(H,16,17). The highest BCUT2D eigenvalue weighted by molar-refractivity contribution is 9.08. The molecule has 90 valence electrons. The molecule has 4 nitrogen and oxygen atoms in total. The second-order valence-corrected chi connectivity index (χ2v) is 3.71. The molecule has 0 bridgehead atoms. The molecule has 17 heavy (non-hydrogen) atoms. The summed E-state index contributed by atoms with van der Waals surface area (Å²) in [5.41, 5.74) is -0.692. The van der Waals surface area contributed by atoms with Crippen molar-refractivity contribution >= 4 is 21.9 Å². The number of hydrogen-bond donors (Lipinski definition) is 1. The van der Waals surface area contributed by atoms with Crippen molar-refractivity contribution in [3.8, 4) is 6.07 Å². The summed E-state index contributed by atoms with van der Waals surface area (Å²) in [4.78, 5) is 14.2. The third-order valence-electron chi connectivity index (χ3n) is 1.98. The molecule has 1 aromatic rings. The van der Waals surface area contributed by atoms with E-state index in [2.05, 4.69) is 20.9 Å². The lowest BCUT2D eigenvalue weighted by molar-refractivity contribution is -0.136. The van der Waals surface area contributed by atoms with Gasteiger partial charge in [0.15, 0.2) is 0 Å². The number of pyridine rings is 1. The number of nitrogens with zero attached hydrogens (tertiary/aromatic N) is 2. The first-order valence-corrected chi connectivity index (χ1v) is 5.60. The molecule has 1 rings (SSSR count). The topological polar surface area (TPSA) is 74.0 Å². The fraction of sp³-hybridized carbons (Fsp3) is 0.300. The van der Waals surface area contributed by atoms with E-state index in [4.69, 9.17) is 10.4 Å². The second kappa shape index (κ2) is 5.68. The van der Waals surface area contributed by atoms with E-state index < -0.39 is 24.5 Å². The SMILES string of the molecule is N#Cc1c(CC(=O)O)cc(CBr)nc1C(F)F. The molecular formula is C10H7BrF2N2O2. The Morgan fingerprint density at radius 3 is 2.71 bits per heavy atom. The molecule has 0 spiro atoms. The number of carbonyl (C=O) groups is 1. The Bertz CT molecular complexity index is 486. The lowest BCUT2D eigenvalue weighted by atomic mass is 10.0. The van der Waals surface area contributed by atoms with E-state index in [-0.39, 0.29) is 22.2 Å². The van der Waals surface area contributed by atoms with Crippen LogP contribution in [-0.4, -0.2) is 16.1 Å². The number of nitriles is 1. The number of aliphatic carboxylic acids is 1. The van der Waals surface area contributed by atoms with Crippen molar-refractivity contribution < 1.29 is 18.7 Å². The first-order chi connectivity index (χ1) is 7.99. The molecule has 0 fully saturated rings. The summed E-state index contributed by atoms with van der Waals surface area (Å²) in [7, 11) is 0. The van der Waals surface area contributed by atoms with Crippen molar-refractivity contribution in [3.63, 3.8) is 0 Å². The van der Waals surface area contributed by atoms with Gasteiger partial charge in [0.2, 0.25) is 0 Å². The number of carboxylic acids is 1. The van der Waals surface area contributed by atoms with Crippen LogP contribution in [0.4, 0.5) is 8.78 Å². The molecule has 0 saturated carbocycles. The predicted octanol–water partition coefficient (Wildman–Crippen LogP) is 2.41. The van der Waals surface area contributed by atoms with Crippen LogP contribution in [0.2, 0.25) is 0 Å². The van der Waals surface area contributed by atoms with Crippen LogP contribution >= 0.6 is 15.9 Å². The molecule has 1 heterocycles. The summed E-state index contributed by atoms with van der Waals surface area (Å²) in [5, 5.41) is 17.7. The molecule has 0 radical (unpaired) electrons. The van der Waals surface area contributed by atoms with Gasteiger partial charge in [0.05, 0.1) is 17.7 Å². The van der Waals surface area contributed by atoms with Crippen LogP contribution in [0.5, 0.6) is 0 Å². The molecule has 0 aromatic carbocycles.